The molecule has 2 heterocycles. The molecule has 0 unspecified atom stereocenters. The highest BCUT2D eigenvalue weighted by molar-refractivity contribution is 9.10. The Morgan fingerprint density at radius 3 is 2.37 bits per heavy atom. The molecule has 0 fully saturated rings. The van der Waals surface area contributed by atoms with Gasteiger partial charge in [-0.1, -0.05) is 46.3 Å². The number of carbonyl (C=O) groups excluding carboxylic acids is 1. The molecule has 35 heavy (non-hydrogen) atoms. The average Bonchev–Trinajstić information content (AvgIpc) is 3.36. The number of methoxy groups -OCH3 is 2. The third-order valence-corrected chi connectivity index (χ3v) is 6.79. The summed E-state index contributed by atoms with van der Waals surface area (Å²) < 4.78 is 11.8. The lowest BCUT2D eigenvalue weighted by molar-refractivity contribution is 0.102. The molecule has 0 saturated heterocycles. The number of nitrogens with one attached hydrogen (secondary N) is 1. The molecule has 0 bridgehead atoms. The van der Waals surface area contributed by atoms with Crippen molar-refractivity contribution < 1.29 is 14.3 Å². The number of pyridine rings is 1. The summed E-state index contributed by atoms with van der Waals surface area (Å²) in [6, 6.07) is 22.8. The number of rotatable bonds is 6. The lowest BCUT2D eigenvalue weighted by Crippen LogP contribution is -2.13. The van der Waals surface area contributed by atoms with Crippen molar-refractivity contribution in [1.29, 1.82) is 0 Å². The van der Waals surface area contributed by atoms with Gasteiger partial charge in [0.05, 0.1) is 36.7 Å². The van der Waals surface area contributed by atoms with E-state index < -0.39 is 0 Å². The summed E-state index contributed by atoms with van der Waals surface area (Å²) in [7, 11) is 3.18. The summed E-state index contributed by atoms with van der Waals surface area (Å²) in [6.07, 6.45) is 0. The molecule has 0 aliphatic rings. The third kappa shape index (κ3) is 4.76. The Labute approximate surface area is 214 Å². The van der Waals surface area contributed by atoms with E-state index in [-0.39, 0.29) is 5.91 Å². The second-order valence-electron chi connectivity index (χ2n) is 7.64. The van der Waals surface area contributed by atoms with Gasteiger partial charge in [0.1, 0.15) is 0 Å². The molecular weight excluding hydrogens is 526 g/mol. The van der Waals surface area contributed by atoms with E-state index in [4.69, 9.17) is 14.5 Å². The second kappa shape index (κ2) is 9.85. The van der Waals surface area contributed by atoms with Crippen LogP contribution in [0.1, 0.15) is 10.4 Å². The number of amides is 1. The summed E-state index contributed by atoms with van der Waals surface area (Å²) in [5.41, 5.74) is 4.50. The van der Waals surface area contributed by atoms with E-state index in [1.165, 1.54) is 11.3 Å². The number of ether oxygens (including phenoxy) is 2. The molecular formula is C27H20BrN3O3S. The molecule has 0 spiro atoms. The zero-order valence-electron chi connectivity index (χ0n) is 18.9. The van der Waals surface area contributed by atoms with Crippen LogP contribution in [0.4, 0.5) is 5.13 Å². The molecule has 1 N–H and O–H groups in total. The second-order valence-corrected chi connectivity index (χ2v) is 9.41. The molecule has 0 saturated carbocycles. The van der Waals surface area contributed by atoms with Crippen LogP contribution in [0, 0.1) is 0 Å². The van der Waals surface area contributed by atoms with Crippen molar-refractivity contribution in [3.05, 3.63) is 88.2 Å². The van der Waals surface area contributed by atoms with Crippen molar-refractivity contribution in [3.63, 3.8) is 0 Å². The number of thiazole rings is 1. The van der Waals surface area contributed by atoms with Crippen molar-refractivity contribution in [2.75, 3.05) is 19.5 Å². The molecule has 0 atom stereocenters. The maximum absolute atomic E-state index is 13.4. The number of anilines is 1. The molecule has 5 aromatic rings. The van der Waals surface area contributed by atoms with Crippen molar-refractivity contribution in [1.82, 2.24) is 9.97 Å². The molecule has 8 heteroatoms. The van der Waals surface area contributed by atoms with Gasteiger partial charge in [-0.2, -0.15) is 0 Å². The Hall–Kier alpha value is -3.75. The number of para-hydroxylation sites is 1. The Kier molecular flexibility index (Phi) is 6.48. The number of aromatic nitrogens is 2. The van der Waals surface area contributed by atoms with E-state index in [2.05, 4.69) is 26.2 Å². The number of halogens is 1. The zero-order valence-corrected chi connectivity index (χ0v) is 21.3. The molecule has 0 aliphatic heterocycles. The minimum absolute atomic E-state index is 0.248. The van der Waals surface area contributed by atoms with Gasteiger partial charge in [-0.3, -0.25) is 10.1 Å². The zero-order chi connectivity index (χ0) is 24.4. The Morgan fingerprint density at radius 1 is 0.857 bits per heavy atom. The highest BCUT2D eigenvalue weighted by Crippen LogP contribution is 2.33. The first kappa shape index (κ1) is 23.0. The molecule has 6 nitrogen and oxygen atoms in total. The Morgan fingerprint density at radius 2 is 1.60 bits per heavy atom. The Balaban J connectivity index is 1.50. The lowest BCUT2D eigenvalue weighted by atomic mass is 10.0. The van der Waals surface area contributed by atoms with Gasteiger partial charge >= 0.3 is 0 Å². The van der Waals surface area contributed by atoms with E-state index in [9.17, 15) is 4.79 Å². The number of benzene rings is 3. The maximum Gasteiger partial charge on any atom is 0.258 e. The van der Waals surface area contributed by atoms with Crippen molar-refractivity contribution in [2.24, 2.45) is 0 Å². The van der Waals surface area contributed by atoms with Gasteiger partial charge in [-0.25, -0.2) is 9.97 Å². The standard InChI is InChI=1S/C27H20BrN3O3S/c1-33-24-12-9-17(13-25(24)34-2)22-14-20(19-5-3-4-6-21(19)29-22)26(32)31-27-30-23(15-35-27)16-7-10-18(28)11-8-16/h3-15H,1-2H3,(H,30,31,32). The van der Waals surface area contributed by atoms with Crippen LogP contribution in [-0.2, 0) is 0 Å². The summed E-state index contributed by atoms with van der Waals surface area (Å²) in [5, 5.41) is 6.18. The third-order valence-electron chi connectivity index (χ3n) is 5.50. The molecule has 0 radical (unpaired) electrons. The minimum atomic E-state index is -0.248. The van der Waals surface area contributed by atoms with Gasteiger partial charge in [-0.15, -0.1) is 11.3 Å². The summed E-state index contributed by atoms with van der Waals surface area (Å²) in [4.78, 5) is 22.8. The van der Waals surface area contributed by atoms with Gasteiger partial charge in [0, 0.05) is 26.4 Å². The highest BCUT2D eigenvalue weighted by atomic mass is 79.9. The molecule has 3 aromatic carbocycles. The number of fused-ring (bicyclic) bond motifs is 1. The fourth-order valence-corrected chi connectivity index (χ4v) is 4.73. The van der Waals surface area contributed by atoms with Crippen LogP contribution in [0.15, 0.2) is 82.6 Å². The molecule has 2 aromatic heterocycles. The first-order valence-corrected chi connectivity index (χ1v) is 12.4. The van der Waals surface area contributed by atoms with E-state index in [0.717, 1.165) is 32.2 Å². The van der Waals surface area contributed by atoms with Crippen LogP contribution in [0.25, 0.3) is 33.4 Å². The first-order valence-electron chi connectivity index (χ1n) is 10.7. The van der Waals surface area contributed by atoms with Gasteiger partial charge in [0.15, 0.2) is 16.6 Å². The van der Waals surface area contributed by atoms with Crippen LogP contribution in [0.5, 0.6) is 11.5 Å². The summed E-state index contributed by atoms with van der Waals surface area (Å²) >= 11 is 4.83. The molecule has 5 rings (SSSR count). The topological polar surface area (TPSA) is 73.3 Å². The molecule has 174 valence electrons. The lowest BCUT2D eigenvalue weighted by Gasteiger charge is -2.12. The number of nitrogens with zero attached hydrogens (tertiary/aromatic N) is 2. The van der Waals surface area contributed by atoms with Crippen molar-refractivity contribution in [2.45, 2.75) is 0 Å². The SMILES string of the molecule is COc1ccc(-c2cc(C(=O)Nc3nc(-c4ccc(Br)cc4)cs3)c3ccccc3n2)cc1OC. The predicted octanol–water partition coefficient (Wildman–Crippen LogP) is 7.06. The smallest absolute Gasteiger partial charge is 0.258 e. The van der Waals surface area contributed by atoms with Crippen molar-refractivity contribution in [3.8, 4) is 34.0 Å². The molecule has 1 amide bonds. The Bertz CT molecular complexity index is 1530. The molecule has 0 aliphatic carbocycles. The normalized spacial score (nSPS) is 10.8. The van der Waals surface area contributed by atoms with Crippen LogP contribution < -0.4 is 14.8 Å². The largest absolute Gasteiger partial charge is 0.493 e. The quantitative estimate of drug-likeness (QED) is 0.247. The van der Waals surface area contributed by atoms with Gasteiger partial charge in [-0.05, 0) is 42.5 Å². The predicted molar refractivity (Wildman–Crippen MR) is 143 cm³/mol. The minimum Gasteiger partial charge on any atom is -0.493 e. The average molecular weight is 546 g/mol. The van der Waals surface area contributed by atoms with Gasteiger partial charge < -0.3 is 9.47 Å². The van der Waals surface area contributed by atoms with Crippen LogP contribution in [-0.4, -0.2) is 30.1 Å². The van der Waals surface area contributed by atoms with Gasteiger partial charge in [0.2, 0.25) is 0 Å². The van der Waals surface area contributed by atoms with Crippen LogP contribution in [0.3, 0.4) is 0 Å². The highest BCUT2D eigenvalue weighted by Gasteiger charge is 2.17. The van der Waals surface area contributed by atoms with E-state index in [0.29, 0.717) is 27.9 Å². The maximum atomic E-state index is 13.4. The van der Waals surface area contributed by atoms with Crippen LogP contribution in [0.2, 0.25) is 0 Å². The van der Waals surface area contributed by atoms with Crippen molar-refractivity contribution >= 4 is 49.2 Å². The van der Waals surface area contributed by atoms with Crippen LogP contribution >= 0.6 is 27.3 Å². The van der Waals surface area contributed by atoms with Gasteiger partial charge in [0.25, 0.3) is 5.91 Å². The summed E-state index contributed by atoms with van der Waals surface area (Å²) in [6.45, 7) is 0. The fraction of sp³-hybridized carbons (Fsp3) is 0.0741. The first-order chi connectivity index (χ1) is 17.1. The summed E-state index contributed by atoms with van der Waals surface area (Å²) in [5.74, 6) is 0.969. The number of hydrogen-bond acceptors (Lipinski definition) is 6. The monoisotopic (exact) mass is 545 g/mol. The van der Waals surface area contributed by atoms with E-state index in [1.54, 1.807) is 20.3 Å². The number of carbonyl (C=O) groups is 1. The van der Waals surface area contributed by atoms with E-state index >= 15 is 0 Å². The van der Waals surface area contributed by atoms with E-state index in [1.807, 2.05) is 72.1 Å². The number of hydrogen-bond donors (Lipinski definition) is 1. The fourth-order valence-electron chi connectivity index (χ4n) is 3.76.